The molecular formula is C12H25OP. The highest BCUT2D eigenvalue weighted by atomic mass is 31.1. The fraction of sp³-hybridized carbons (Fsp3) is 1.00. The molecule has 0 aromatic rings. The van der Waals surface area contributed by atoms with Crippen molar-refractivity contribution in [3.05, 3.63) is 0 Å². The number of rotatable bonds is 5. The summed E-state index contributed by atoms with van der Waals surface area (Å²) >= 11 is 0. The van der Waals surface area contributed by atoms with E-state index in [-0.39, 0.29) is 7.92 Å². The summed E-state index contributed by atoms with van der Waals surface area (Å²) in [6, 6.07) is 0. The maximum atomic E-state index is 5.52. The fourth-order valence-corrected chi connectivity index (χ4v) is 5.53. The molecule has 0 spiro atoms. The van der Waals surface area contributed by atoms with E-state index in [1.807, 2.05) is 0 Å². The average Bonchev–Trinajstić information content (AvgIpc) is 2.52. The molecule has 1 atom stereocenters. The van der Waals surface area contributed by atoms with Crippen LogP contribution in [0, 0.1) is 11.8 Å². The van der Waals surface area contributed by atoms with Crippen LogP contribution in [0.2, 0.25) is 0 Å². The Labute approximate surface area is 90.4 Å². The Morgan fingerprint density at radius 3 is 2.07 bits per heavy atom. The first-order valence-electron chi connectivity index (χ1n) is 5.91. The van der Waals surface area contributed by atoms with Crippen molar-refractivity contribution >= 4 is 7.92 Å². The molecule has 14 heavy (non-hydrogen) atoms. The predicted octanol–water partition coefficient (Wildman–Crippen LogP) is 3.57. The molecule has 0 bridgehead atoms. The molecule has 2 heteroatoms. The zero-order valence-corrected chi connectivity index (χ0v) is 11.0. The van der Waals surface area contributed by atoms with Crippen LogP contribution in [-0.4, -0.2) is 31.2 Å². The second kappa shape index (κ2) is 6.08. The third-order valence-corrected chi connectivity index (χ3v) is 6.46. The van der Waals surface area contributed by atoms with Crippen molar-refractivity contribution in [2.45, 2.75) is 39.8 Å². The Balaban J connectivity index is 2.42. The van der Waals surface area contributed by atoms with Gasteiger partial charge in [-0.05, 0) is 30.6 Å². The van der Waals surface area contributed by atoms with Gasteiger partial charge < -0.3 is 4.74 Å². The van der Waals surface area contributed by atoms with E-state index in [0.29, 0.717) is 0 Å². The van der Waals surface area contributed by atoms with Crippen molar-refractivity contribution < 1.29 is 4.74 Å². The zero-order valence-electron chi connectivity index (χ0n) is 10.1. The van der Waals surface area contributed by atoms with Crippen LogP contribution in [0.5, 0.6) is 0 Å². The number of ether oxygens (including phenoxy) is 1. The largest absolute Gasteiger partial charge is 0.381 e. The van der Waals surface area contributed by atoms with Gasteiger partial charge in [-0.3, -0.25) is 0 Å². The molecule has 1 fully saturated rings. The van der Waals surface area contributed by atoms with Crippen molar-refractivity contribution in [1.82, 2.24) is 0 Å². The highest BCUT2D eigenvalue weighted by molar-refractivity contribution is 7.58. The van der Waals surface area contributed by atoms with Crippen LogP contribution in [0.3, 0.4) is 0 Å². The van der Waals surface area contributed by atoms with Gasteiger partial charge in [-0.2, -0.15) is 0 Å². The molecule has 0 N–H and O–H groups in total. The summed E-state index contributed by atoms with van der Waals surface area (Å²) in [6.07, 6.45) is 4.22. The number of hydrogen-bond acceptors (Lipinski definition) is 1. The quantitative estimate of drug-likeness (QED) is 0.638. The van der Waals surface area contributed by atoms with Gasteiger partial charge in [0.05, 0.1) is 6.61 Å². The third-order valence-electron chi connectivity index (χ3n) is 2.62. The Morgan fingerprint density at radius 1 is 1.14 bits per heavy atom. The maximum Gasteiger partial charge on any atom is 0.0534 e. The lowest BCUT2D eigenvalue weighted by molar-refractivity contribution is 0.198. The average molecular weight is 216 g/mol. The van der Waals surface area contributed by atoms with Crippen molar-refractivity contribution in [1.29, 1.82) is 0 Å². The monoisotopic (exact) mass is 216 g/mol. The van der Waals surface area contributed by atoms with E-state index in [4.69, 9.17) is 4.74 Å². The Morgan fingerprint density at radius 2 is 1.71 bits per heavy atom. The molecule has 84 valence electrons. The molecule has 1 aliphatic heterocycles. The topological polar surface area (TPSA) is 9.23 Å². The summed E-state index contributed by atoms with van der Waals surface area (Å²) in [5.41, 5.74) is 0.912. The van der Waals surface area contributed by atoms with Gasteiger partial charge in [0.15, 0.2) is 0 Å². The second-order valence-corrected chi connectivity index (χ2v) is 7.90. The maximum absolute atomic E-state index is 5.52. The van der Waals surface area contributed by atoms with E-state index in [9.17, 15) is 0 Å². The molecule has 1 saturated heterocycles. The summed E-state index contributed by atoms with van der Waals surface area (Å²) < 4.78 is 5.52. The minimum Gasteiger partial charge on any atom is -0.381 e. The van der Waals surface area contributed by atoms with Gasteiger partial charge in [0.1, 0.15) is 0 Å². The van der Waals surface area contributed by atoms with Gasteiger partial charge in [0.25, 0.3) is 0 Å². The van der Waals surface area contributed by atoms with Gasteiger partial charge >= 0.3 is 0 Å². The van der Waals surface area contributed by atoms with Crippen molar-refractivity contribution in [3.8, 4) is 0 Å². The summed E-state index contributed by atoms with van der Waals surface area (Å²) in [4.78, 5) is 0. The smallest absolute Gasteiger partial charge is 0.0534 e. The third kappa shape index (κ3) is 4.28. The lowest BCUT2D eigenvalue weighted by Gasteiger charge is -2.26. The van der Waals surface area contributed by atoms with Crippen LogP contribution < -0.4 is 0 Å². The van der Waals surface area contributed by atoms with Crippen molar-refractivity contribution in [2.24, 2.45) is 11.8 Å². The summed E-state index contributed by atoms with van der Waals surface area (Å²) in [7, 11) is 0.234. The standard InChI is InChI=1S/C12H25OP/c1-10(2)8-14(9-11(3)4)12-5-6-13-7-12/h10-12H,5-9H2,1-4H3. The van der Waals surface area contributed by atoms with Gasteiger partial charge in [0, 0.05) is 12.3 Å². The molecular weight excluding hydrogens is 191 g/mol. The van der Waals surface area contributed by atoms with Crippen LogP contribution in [0.15, 0.2) is 0 Å². The molecule has 1 aliphatic rings. The first-order chi connectivity index (χ1) is 6.59. The molecule has 1 rings (SSSR count). The van der Waals surface area contributed by atoms with Crippen LogP contribution >= 0.6 is 7.92 Å². The van der Waals surface area contributed by atoms with Crippen LogP contribution in [0.1, 0.15) is 34.1 Å². The highest BCUT2D eigenvalue weighted by Crippen LogP contribution is 2.47. The molecule has 1 unspecified atom stereocenters. The van der Waals surface area contributed by atoms with E-state index in [2.05, 4.69) is 27.7 Å². The first kappa shape index (κ1) is 12.5. The fourth-order valence-electron chi connectivity index (χ4n) is 2.12. The van der Waals surface area contributed by atoms with E-state index in [1.54, 1.807) is 0 Å². The minimum absolute atomic E-state index is 0.234. The van der Waals surface area contributed by atoms with E-state index in [0.717, 1.165) is 30.7 Å². The van der Waals surface area contributed by atoms with Gasteiger partial charge in [-0.15, -0.1) is 7.92 Å². The van der Waals surface area contributed by atoms with E-state index in [1.165, 1.54) is 18.7 Å². The molecule has 0 aliphatic carbocycles. The second-order valence-electron chi connectivity index (χ2n) is 5.26. The van der Waals surface area contributed by atoms with Crippen molar-refractivity contribution in [2.75, 3.05) is 25.5 Å². The molecule has 0 saturated carbocycles. The summed E-state index contributed by atoms with van der Waals surface area (Å²) in [5.74, 6) is 1.72. The molecule has 1 nitrogen and oxygen atoms in total. The highest BCUT2D eigenvalue weighted by Gasteiger charge is 2.26. The zero-order chi connectivity index (χ0) is 10.6. The number of hydrogen-bond donors (Lipinski definition) is 0. The summed E-state index contributed by atoms with van der Waals surface area (Å²) in [6.45, 7) is 11.5. The molecule has 0 amide bonds. The lowest BCUT2D eigenvalue weighted by atomic mass is 10.3. The molecule has 1 heterocycles. The van der Waals surface area contributed by atoms with Crippen molar-refractivity contribution in [3.63, 3.8) is 0 Å². The van der Waals surface area contributed by atoms with Gasteiger partial charge in [-0.25, -0.2) is 0 Å². The van der Waals surface area contributed by atoms with E-state index >= 15 is 0 Å². The van der Waals surface area contributed by atoms with Crippen LogP contribution in [0.25, 0.3) is 0 Å². The van der Waals surface area contributed by atoms with E-state index < -0.39 is 0 Å². The Kier molecular flexibility index (Phi) is 5.41. The van der Waals surface area contributed by atoms with Crippen LogP contribution in [0.4, 0.5) is 0 Å². The molecule has 0 aromatic carbocycles. The first-order valence-corrected chi connectivity index (χ1v) is 7.69. The Hall–Kier alpha value is 0.390. The van der Waals surface area contributed by atoms with Gasteiger partial charge in [0.2, 0.25) is 0 Å². The summed E-state index contributed by atoms with van der Waals surface area (Å²) in [5, 5.41) is 0. The lowest BCUT2D eigenvalue weighted by Crippen LogP contribution is -2.14. The predicted molar refractivity (Wildman–Crippen MR) is 65.6 cm³/mol. The normalized spacial score (nSPS) is 22.9. The minimum atomic E-state index is 0.234. The molecule has 0 radical (unpaired) electrons. The van der Waals surface area contributed by atoms with Crippen LogP contribution in [-0.2, 0) is 4.74 Å². The molecule has 0 aromatic heterocycles. The SMILES string of the molecule is CC(C)CP(CC(C)C)C1CCOC1. The van der Waals surface area contributed by atoms with Gasteiger partial charge in [-0.1, -0.05) is 27.7 Å². The Bertz CT molecular complexity index is 140.